The molecule has 1 aromatic heterocycles. The van der Waals surface area contributed by atoms with Crippen molar-refractivity contribution in [3.05, 3.63) is 108 Å². The Labute approximate surface area is 250 Å². The van der Waals surface area contributed by atoms with Gasteiger partial charge < -0.3 is 14.5 Å². The number of aliphatic imine (C=N–C) groups is 1. The minimum absolute atomic E-state index is 0.0237. The van der Waals surface area contributed by atoms with Gasteiger partial charge in [0.15, 0.2) is 11.5 Å². The predicted molar refractivity (Wildman–Crippen MR) is 166 cm³/mol. The van der Waals surface area contributed by atoms with Gasteiger partial charge in [-0.15, -0.1) is 4.59 Å². The zero-order valence-corrected chi connectivity index (χ0v) is 24.0. The van der Waals surface area contributed by atoms with Gasteiger partial charge in [0.05, 0.1) is 0 Å². The Balaban J connectivity index is 1.18. The number of aromatic nitrogens is 2. The summed E-state index contributed by atoms with van der Waals surface area (Å²) in [5, 5.41) is 0. The van der Waals surface area contributed by atoms with E-state index in [9.17, 15) is 9.59 Å². The molecule has 43 heavy (non-hydrogen) atoms. The number of ether oxygens (including phenoxy) is 1. The monoisotopic (exact) mass is 576 g/mol. The smallest absolute Gasteiger partial charge is 0.410 e. The summed E-state index contributed by atoms with van der Waals surface area (Å²) in [4.78, 5) is 43.8. The van der Waals surface area contributed by atoms with Crippen LogP contribution in [0.1, 0.15) is 41.3 Å². The Morgan fingerprint density at radius 1 is 1.02 bits per heavy atom. The molecule has 3 aromatic carbocycles. The van der Waals surface area contributed by atoms with Gasteiger partial charge in [-0.3, -0.25) is 4.79 Å². The van der Waals surface area contributed by atoms with Crippen molar-refractivity contribution >= 4 is 41.4 Å². The quantitative estimate of drug-likeness (QED) is 0.167. The normalized spacial score (nSPS) is 19.1. The number of anilines is 1. The summed E-state index contributed by atoms with van der Waals surface area (Å²) in [6.45, 7) is 4.10. The maximum atomic E-state index is 13.0. The largest absolute Gasteiger partial charge is 0.445 e. The zero-order valence-electron chi connectivity index (χ0n) is 24.0. The minimum Gasteiger partial charge on any atom is -0.445 e. The van der Waals surface area contributed by atoms with Gasteiger partial charge >= 0.3 is 6.09 Å². The lowest BCUT2D eigenvalue weighted by Crippen LogP contribution is -2.51. The van der Waals surface area contributed by atoms with Crippen LogP contribution in [0.5, 0.6) is 0 Å². The van der Waals surface area contributed by atoms with E-state index in [1.54, 1.807) is 47.8 Å². The highest BCUT2D eigenvalue weighted by atomic mass is 16.6. The van der Waals surface area contributed by atoms with E-state index in [1.807, 2.05) is 61.5 Å². The van der Waals surface area contributed by atoms with Crippen LogP contribution in [-0.4, -0.2) is 58.8 Å². The van der Waals surface area contributed by atoms with Crippen LogP contribution in [0.3, 0.4) is 0 Å². The first-order chi connectivity index (χ1) is 21.0. The highest BCUT2D eigenvalue weighted by Crippen LogP contribution is 2.41. The zero-order chi connectivity index (χ0) is 29.8. The van der Waals surface area contributed by atoms with E-state index in [2.05, 4.69) is 14.9 Å². The standard InChI is InChI=1S/C33H34N7O3/c1-2-39(27-14-9-19-38(21-27)33(42)43-22-24-10-5-3-6-11-24)32-35-18-17-30(37-32)40(34)23-36-28-20-26(15-16-29(28)40)31(41)25-12-7-4-8-13-25/h3-8,10-13,15-18,20,23,27H,2,9,14,19,21-22,34H2,1H3/q+1. The second-order valence-corrected chi connectivity index (χ2v) is 10.7. The maximum Gasteiger partial charge on any atom is 0.410 e. The molecular formula is C33H34N7O3+. The number of nitrogens with zero attached hydrogens (tertiary/aromatic N) is 6. The van der Waals surface area contributed by atoms with Crippen LogP contribution in [0.25, 0.3) is 0 Å². The number of hydrogen-bond donors (Lipinski definition) is 1. The molecule has 1 amide bonds. The molecule has 0 aliphatic carbocycles. The molecule has 0 radical (unpaired) electrons. The number of likely N-dealkylation sites (tertiary alicyclic amines) is 1. The van der Waals surface area contributed by atoms with Crippen LogP contribution < -0.4 is 15.3 Å². The Morgan fingerprint density at radius 2 is 1.79 bits per heavy atom. The van der Waals surface area contributed by atoms with Gasteiger partial charge in [-0.1, -0.05) is 60.7 Å². The van der Waals surface area contributed by atoms with E-state index in [-0.39, 0.29) is 29.1 Å². The van der Waals surface area contributed by atoms with Crippen molar-refractivity contribution in [3.8, 4) is 0 Å². The number of nitrogens with two attached hydrogens (primary N) is 1. The second kappa shape index (κ2) is 12.1. The summed E-state index contributed by atoms with van der Waals surface area (Å²) in [7, 11) is 0. The molecule has 2 aliphatic rings. The van der Waals surface area contributed by atoms with Crippen molar-refractivity contribution in [2.24, 2.45) is 10.8 Å². The van der Waals surface area contributed by atoms with E-state index in [0.717, 1.165) is 18.4 Å². The van der Waals surface area contributed by atoms with Crippen LogP contribution >= 0.6 is 0 Å². The second-order valence-electron chi connectivity index (χ2n) is 10.7. The summed E-state index contributed by atoms with van der Waals surface area (Å²) in [5.41, 5.74) is 3.44. The predicted octanol–water partition coefficient (Wildman–Crippen LogP) is 5.52. The van der Waals surface area contributed by atoms with Gasteiger partial charge in [0, 0.05) is 55.1 Å². The van der Waals surface area contributed by atoms with E-state index >= 15 is 0 Å². The Bertz CT molecular complexity index is 1650. The summed E-state index contributed by atoms with van der Waals surface area (Å²) in [6.07, 6.45) is 4.74. The molecular weight excluding hydrogens is 542 g/mol. The molecule has 1 saturated heterocycles. The maximum absolute atomic E-state index is 13.0. The van der Waals surface area contributed by atoms with Gasteiger partial charge in [-0.25, -0.2) is 9.78 Å². The van der Waals surface area contributed by atoms with E-state index < -0.39 is 0 Å². The minimum atomic E-state index is -0.319. The molecule has 4 aromatic rings. The summed E-state index contributed by atoms with van der Waals surface area (Å²) >= 11 is 0. The number of likely N-dealkylation sites (N-methyl/N-ethyl adjacent to an activating group) is 1. The third kappa shape index (κ3) is 5.75. The van der Waals surface area contributed by atoms with Crippen LogP contribution in [0, 0.1) is 0 Å². The Kier molecular flexibility index (Phi) is 7.95. The number of benzene rings is 3. The Hall–Kier alpha value is -4.93. The SMILES string of the molecule is CCN(c1nccc([N+]2(N)C=Nc3cc(C(=O)c4ccccc4)ccc32)n1)C1CCCN(C(=O)OCc2ccccc2)C1. The molecule has 10 nitrogen and oxygen atoms in total. The van der Waals surface area contributed by atoms with Crippen LogP contribution in [0.4, 0.5) is 27.9 Å². The average Bonchev–Trinajstić information content (AvgIpc) is 3.41. The van der Waals surface area contributed by atoms with E-state index in [4.69, 9.17) is 15.6 Å². The van der Waals surface area contributed by atoms with Crippen LogP contribution in [0.2, 0.25) is 0 Å². The molecule has 2 atom stereocenters. The van der Waals surface area contributed by atoms with E-state index in [0.29, 0.717) is 53.9 Å². The number of carbonyl (C=O) groups excluding carboxylic acids is 2. The number of fused-ring (bicyclic) bond motifs is 1. The topological polar surface area (TPSA) is 114 Å². The van der Waals surface area contributed by atoms with Gasteiger partial charge in [0.1, 0.15) is 12.3 Å². The van der Waals surface area contributed by atoms with Crippen molar-refractivity contribution in [1.29, 1.82) is 0 Å². The number of ketones is 1. The molecule has 2 unspecified atom stereocenters. The van der Waals surface area contributed by atoms with Crippen LogP contribution in [0.15, 0.2) is 96.1 Å². The number of rotatable bonds is 8. The summed E-state index contributed by atoms with van der Waals surface area (Å²) in [5.74, 6) is 7.89. The fraction of sp³-hybridized carbons (Fsp3) is 0.242. The van der Waals surface area contributed by atoms with Crippen molar-refractivity contribution in [2.45, 2.75) is 32.4 Å². The third-order valence-corrected chi connectivity index (χ3v) is 7.96. The van der Waals surface area contributed by atoms with Gasteiger partial charge in [-0.05, 0) is 37.5 Å². The lowest BCUT2D eigenvalue weighted by Gasteiger charge is -2.38. The molecule has 6 rings (SSSR count). The molecule has 218 valence electrons. The lowest BCUT2D eigenvalue weighted by atomic mass is 10.0. The first-order valence-electron chi connectivity index (χ1n) is 14.5. The number of amides is 1. The highest BCUT2D eigenvalue weighted by Gasteiger charge is 2.39. The molecule has 1 fully saturated rings. The molecule has 10 heteroatoms. The van der Waals surface area contributed by atoms with E-state index in [1.165, 1.54) is 0 Å². The van der Waals surface area contributed by atoms with Crippen molar-refractivity contribution in [1.82, 2.24) is 19.5 Å². The number of quaternary nitrogens is 1. The molecule has 0 bridgehead atoms. The number of hydrogen-bond acceptors (Lipinski definition) is 8. The third-order valence-electron chi connectivity index (χ3n) is 7.96. The fourth-order valence-electron chi connectivity index (χ4n) is 5.67. The number of carbonyl (C=O) groups is 2. The summed E-state index contributed by atoms with van der Waals surface area (Å²) < 4.78 is 5.35. The van der Waals surface area contributed by atoms with Crippen LogP contribution in [-0.2, 0) is 11.3 Å². The first kappa shape index (κ1) is 28.2. The van der Waals surface area contributed by atoms with Crippen molar-refractivity contribution < 1.29 is 14.3 Å². The molecule has 0 saturated carbocycles. The van der Waals surface area contributed by atoms with Crippen molar-refractivity contribution in [2.75, 3.05) is 24.5 Å². The van der Waals surface area contributed by atoms with Gasteiger partial charge in [0.2, 0.25) is 12.3 Å². The fourth-order valence-corrected chi connectivity index (χ4v) is 5.67. The van der Waals surface area contributed by atoms with Gasteiger partial charge in [0.25, 0.3) is 5.82 Å². The Morgan fingerprint density at radius 3 is 2.56 bits per heavy atom. The molecule has 0 spiro atoms. The molecule has 2 N–H and O–H groups in total. The lowest BCUT2D eigenvalue weighted by molar-refractivity contribution is 0.0855. The average molecular weight is 577 g/mol. The molecule has 2 aliphatic heterocycles. The highest BCUT2D eigenvalue weighted by molar-refractivity contribution is 6.10. The first-order valence-corrected chi connectivity index (χ1v) is 14.5. The van der Waals surface area contributed by atoms with Crippen molar-refractivity contribution in [3.63, 3.8) is 0 Å². The number of piperidine rings is 1. The summed E-state index contributed by atoms with van der Waals surface area (Å²) in [6, 6.07) is 26.0. The van der Waals surface area contributed by atoms with Gasteiger partial charge in [-0.2, -0.15) is 15.8 Å². The molecule has 3 heterocycles.